The molecule has 0 heterocycles. The summed E-state index contributed by atoms with van der Waals surface area (Å²) in [5.74, 6) is -2.61. The summed E-state index contributed by atoms with van der Waals surface area (Å²) in [5.41, 5.74) is 2.47. The minimum absolute atomic E-state index is 0.00275. The fourth-order valence-electron chi connectivity index (χ4n) is 6.01. The summed E-state index contributed by atoms with van der Waals surface area (Å²) < 4.78 is 39.0. The molecule has 0 aliphatic heterocycles. The molecule has 12 heteroatoms. The highest BCUT2D eigenvalue weighted by molar-refractivity contribution is 7.89. The van der Waals surface area contributed by atoms with Crippen molar-refractivity contribution in [2.45, 2.75) is 75.8 Å². The maximum Gasteiger partial charge on any atom is 0.408 e. The van der Waals surface area contributed by atoms with E-state index in [1.165, 1.54) is 26.3 Å². The molecular formula is C35H49N3O8S. The van der Waals surface area contributed by atoms with E-state index in [1.807, 2.05) is 31.2 Å². The molecule has 47 heavy (non-hydrogen) atoms. The predicted molar refractivity (Wildman–Crippen MR) is 182 cm³/mol. The standard InChI is InChI=1S/C35H49N3O8S/c1-6-9-14-23-47(43,44)37(4)30(15-7-2)33(39)36-32(24-27-17-11-13-19-31(27)45-5)35(42,46-22-8-3)25-38(34(40)41)29-21-20-26-16-10-12-18-28(26)29/h7-8,10-13,16-19,29-30,32,42H,2-3,6,9,14-15,20-25H2,1,4-5H3,(H,36,39)(H,40,41)/t29-,30+,32+,35-/m1/s1. The molecule has 1 aliphatic carbocycles. The topological polar surface area (TPSA) is 146 Å². The summed E-state index contributed by atoms with van der Waals surface area (Å²) in [6.45, 7) is 8.71. The largest absolute Gasteiger partial charge is 0.496 e. The molecule has 2 amide bonds. The number of carbonyl (C=O) groups excluding carboxylic acids is 1. The van der Waals surface area contributed by atoms with Crippen molar-refractivity contribution in [1.29, 1.82) is 0 Å². The van der Waals surface area contributed by atoms with Gasteiger partial charge in [-0.1, -0.05) is 74.4 Å². The molecule has 2 aromatic rings. The average Bonchev–Trinajstić information content (AvgIpc) is 3.48. The molecule has 2 aromatic carbocycles. The van der Waals surface area contributed by atoms with E-state index in [-0.39, 0.29) is 25.2 Å². The number of ether oxygens (including phenoxy) is 2. The number of fused-ring (bicyclic) bond motifs is 1. The molecule has 258 valence electrons. The third kappa shape index (κ3) is 9.66. The number of amides is 2. The Morgan fingerprint density at radius 2 is 1.83 bits per heavy atom. The highest BCUT2D eigenvalue weighted by Crippen LogP contribution is 2.37. The highest BCUT2D eigenvalue weighted by atomic mass is 32.2. The number of aliphatic hydroxyl groups is 1. The van der Waals surface area contributed by atoms with Crippen LogP contribution in [0.25, 0.3) is 0 Å². The summed E-state index contributed by atoms with van der Waals surface area (Å²) >= 11 is 0. The molecule has 4 atom stereocenters. The summed E-state index contributed by atoms with van der Waals surface area (Å²) in [7, 11) is -0.961. The number of likely N-dealkylation sites (N-methyl/N-ethyl adjacent to an activating group) is 1. The Morgan fingerprint density at radius 3 is 2.49 bits per heavy atom. The number of sulfonamides is 1. The second-order valence-electron chi connectivity index (χ2n) is 11.8. The number of nitrogens with one attached hydrogen (secondary N) is 1. The van der Waals surface area contributed by atoms with Crippen LogP contribution in [-0.4, -0.2) is 90.8 Å². The number of nitrogens with zero attached hydrogens (tertiary/aromatic N) is 2. The van der Waals surface area contributed by atoms with Crippen LogP contribution >= 0.6 is 0 Å². The Morgan fingerprint density at radius 1 is 1.13 bits per heavy atom. The Balaban J connectivity index is 2.06. The molecule has 3 N–H and O–H groups in total. The van der Waals surface area contributed by atoms with Crippen molar-refractivity contribution in [3.05, 3.63) is 90.5 Å². The second-order valence-corrected chi connectivity index (χ2v) is 13.9. The lowest BCUT2D eigenvalue weighted by molar-refractivity contribution is -0.225. The maximum absolute atomic E-state index is 14.1. The van der Waals surface area contributed by atoms with Gasteiger partial charge in [-0.3, -0.25) is 9.69 Å². The van der Waals surface area contributed by atoms with Crippen molar-refractivity contribution in [2.75, 3.05) is 33.1 Å². The molecule has 0 unspecified atom stereocenters. The summed E-state index contributed by atoms with van der Waals surface area (Å²) in [5, 5.41) is 25.7. The number of hydrogen-bond acceptors (Lipinski definition) is 7. The summed E-state index contributed by atoms with van der Waals surface area (Å²) in [6, 6.07) is 11.6. The van der Waals surface area contributed by atoms with Crippen LogP contribution < -0.4 is 10.1 Å². The van der Waals surface area contributed by atoms with E-state index in [0.29, 0.717) is 30.6 Å². The fourth-order valence-corrected chi connectivity index (χ4v) is 7.43. The molecule has 1 aliphatic rings. The lowest BCUT2D eigenvalue weighted by atomic mass is 9.95. The first-order valence-electron chi connectivity index (χ1n) is 16.0. The number of unbranched alkanes of at least 4 members (excludes halogenated alkanes) is 2. The number of benzene rings is 2. The molecule has 0 spiro atoms. The molecule has 0 bridgehead atoms. The van der Waals surface area contributed by atoms with Crippen molar-refractivity contribution in [3.8, 4) is 5.75 Å². The van der Waals surface area contributed by atoms with Gasteiger partial charge in [0.1, 0.15) is 11.8 Å². The van der Waals surface area contributed by atoms with Gasteiger partial charge in [-0.05, 0) is 48.4 Å². The molecule has 3 rings (SSSR count). The van der Waals surface area contributed by atoms with E-state index in [9.17, 15) is 28.2 Å². The van der Waals surface area contributed by atoms with E-state index in [0.717, 1.165) is 33.2 Å². The van der Waals surface area contributed by atoms with Crippen molar-refractivity contribution >= 4 is 22.0 Å². The van der Waals surface area contributed by atoms with E-state index in [1.54, 1.807) is 24.3 Å². The van der Waals surface area contributed by atoms with Gasteiger partial charge in [-0.15, -0.1) is 13.2 Å². The van der Waals surface area contributed by atoms with E-state index in [2.05, 4.69) is 18.5 Å². The quantitative estimate of drug-likeness (QED) is 0.105. The van der Waals surface area contributed by atoms with Crippen LogP contribution in [0.5, 0.6) is 5.75 Å². The zero-order valence-corrected chi connectivity index (χ0v) is 28.5. The number of aryl methyl sites for hydroxylation is 1. The number of methoxy groups -OCH3 is 1. The van der Waals surface area contributed by atoms with Crippen LogP contribution in [0, 0.1) is 0 Å². The van der Waals surface area contributed by atoms with Gasteiger partial charge in [0, 0.05) is 13.5 Å². The Kier molecular flexibility index (Phi) is 14.0. The van der Waals surface area contributed by atoms with Gasteiger partial charge >= 0.3 is 6.09 Å². The van der Waals surface area contributed by atoms with Gasteiger partial charge in [0.25, 0.3) is 0 Å². The Labute approximate surface area is 278 Å². The van der Waals surface area contributed by atoms with Crippen molar-refractivity contribution in [3.63, 3.8) is 0 Å². The summed E-state index contributed by atoms with van der Waals surface area (Å²) in [6.07, 6.45) is 4.77. The molecule has 0 saturated carbocycles. The van der Waals surface area contributed by atoms with E-state index >= 15 is 0 Å². The van der Waals surface area contributed by atoms with Crippen LogP contribution in [-0.2, 0) is 32.4 Å². The van der Waals surface area contributed by atoms with Gasteiger partial charge in [-0.2, -0.15) is 4.31 Å². The molecule has 11 nitrogen and oxygen atoms in total. The zero-order valence-electron chi connectivity index (χ0n) is 27.6. The van der Waals surface area contributed by atoms with Crippen molar-refractivity contribution in [1.82, 2.24) is 14.5 Å². The first-order chi connectivity index (χ1) is 22.4. The normalized spacial score (nSPS) is 16.8. The lowest BCUT2D eigenvalue weighted by Gasteiger charge is -2.41. The predicted octanol–water partition coefficient (Wildman–Crippen LogP) is 4.68. The van der Waals surface area contributed by atoms with Crippen molar-refractivity contribution in [2.24, 2.45) is 0 Å². The smallest absolute Gasteiger partial charge is 0.408 e. The van der Waals surface area contributed by atoms with Crippen LogP contribution in [0.3, 0.4) is 0 Å². The monoisotopic (exact) mass is 671 g/mol. The van der Waals surface area contributed by atoms with Crippen LogP contribution in [0.2, 0.25) is 0 Å². The molecule has 0 radical (unpaired) electrons. The number of rotatable bonds is 20. The Bertz CT molecular complexity index is 1480. The third-order valence-electron chi connectivity index (χ3n) is 8.62. The van der Waals surface area contributed by atoms with Gasteiger partial charge < -0.3 is 25.0 Å². The second kappa shape index (κ2) is 17.4. The number of carbonyl (C=O) groups is 2. The van der Waals surface area contributed by atoms with E-state index in [4.69, 9.17) is 9.47 Å². The van der Waals surface area contributed by atoms with Crippen LogP contribution in [0.15, 0.2) is 73.8 Å². The molecule has 0 fully saturated rings. The maximum atomic E-state index is 14.1. The highest BCUT2D eigenvalue weighted by Gasteiger charge is 2.46. The minimum atomic E-state index is -3.81. The average molecular weight is 672 g/mol. The molecule has 0 aromatic heterocycles. The fraction of sp³-hybridized carbons (Fsp3) is 0.486. The molecular weight excluding hydrogens is 622 g/mol. The molecule has 0 saturated heterocycles. The third-order valence-corrected chi connectivity index (χ3v) is 10.6. The number of para-hydroxylation sites is 1. The minimum Gasteiger partial charge on any atom is -0.496 e. The Hall–Kier alpha value is -3.71. The van der Waals surface area contributed by atoms with E-state index < -0.39 is 52.5 Å². The first kappa shape index (κ1) is 37.7. The number of carboxylic acid groups (broad SMARTS) is 1. The van der Waals surface area contributed by atoms with Crippen LogP contribution in [0.1, 0.15) is 61.8 Å². The van der Waals surface area contributed by atoms with Gasteiger partial charge in [-0.25, -0.2) is 13.2 Å². The van der Waals surface area contributed by atoms with Crippen LogP contribution in [0.4, 0.5) is 4.79 Å². The van der Waals surface area contributed by atoms with Gasteiger partial charge in [0.05, 0.1) is 38.1 Å². The van der Waals surface area contributed by atoms with Crippen molar-refractivity contribution < 1.29 is 37.7 Å². The SMILES string of the molecule is C=CCO[C@](O)(CN(C(=O)O)[C@@H]1CCc2ccccc21)[C@H](Cc1ccccc1OC)NC(=O)[C@H](CC=C)N(C)S(=O)(=O)CCCCC. The van der Waals surface area contributed by atoms with Gasteiger partial charge in [0.2, 0.25) is 21.7 Å². The number of hydrogen-bond donors (Lipinski definition) is 3. The first-order valence-corrected chi connectivity index (χ1v) is 17.6. The lowest BCUT2D eigenvalue weighted by Crippen LogP contribution is -2.63. The summed E-state index contributed by atoms with van der Waals surface area (Å²) in [4.78, 5) is 28.0. The zero-order chi connectivity index (χ0) is 34.6. The van der Waals surface area contributed by atoms with Gasteiger partial charge in [0.15, 0.2) is 0 Å².